The lowest BCUT2D eigenvalue weighted by molar-refractivity contribution is -0.166. The van der Waals surface area contributed by atoms with Crippen LogP contribution in [0.2, 0.25) is 0 Å². The van der Waals surface area contributed by atoms with Crippen LogP contribution in [-0.4, -0.2) is 34.9 Å². The molecule has 0 spiro atoms. The number of hydrogen-bond acceptors (Lipinski definition) is 2. The van der Waals surface area contributed by atoms with E-state index >= 15 is 0 Å². The van der Waals surface area contributed by atoms with Gasteiger partial charge >= 0.3 is 0 Å². The number of hydrazine groups is 1. The molecule has 0 aromatic heterocycles. The SMILES string of the molecule is C=C(C(=O)N1CCCCN1C(=O)CCCCCC(/C=C\C)=C/C)C(C)(C)CC. The molecule has 0 aromatic rings. The third kappa shape index (κ3) is 6.96. The van der Waals surface area contributed by atoms with Crippen LogP contribution in [0.4, 0.5) is 0 Å². The fraction of sp³-hybridized carbons (Fsp3) is 0.667. The molecule has 1 saturated heterocycles. The molecule has 28 heavy (non-hydrogen) atoms. The van der Waals surface area contributed by atoms with Gasteiger partial charge in [0.25, 0.3) is 5.91 Å². The second kappa shape index (κ2) is 11.9. The Kier molecular flexibility index (Phi) is 10.3. The Morgan fingerprint density at radius 2 is 1.61 bits per heavy atom. The van der Waals surface area contributed by atoms with Gasteiger partial charge in [0.1, 0.15) is 0 Å². The largest absolute Gasteiger partial charge is 0.273 e. The minimum atomic E-state index is -0.249. The van der Waals surface area contributed by atoms with Crippen LogP contribution < -0.4 is 0 Å². The van der Waals surface area contributed by atoms with E-state index in [1.54, 1.807) is 10.0 Å². The summed E-state index contributed by atoms with van der Waals surface area (Å²) in [7, 11) is 0. The van der Waals surface area contributed by atoms with E-state index in [1.165, 1.54) is 5.57 Å². The number of carbonyl (C=O) groups is 2. The van der Waals surface area contributed by atoms with Crippen LogP contribution in [0.1, 0.15) is 86.0 Å². The molecule has 0 saturated carbocycles. The first kappa shape index (κ1) is 24.2. The molecule has 0 aromatic carbocycles. The van der Waals surface area contributed by atoms with Crippen LogP contribution in [-0.2, 0) is 9.59 Å². The number of rotatable bonds is 10. The zero-order valence-electron chi connectivity index (χ0n) is 18.7. The maximum Gasteiger partial charge on any atom is 0.268 e. The van der Waals surface area contributed by atoms with E-state index in [4.69, 9.17) is 0 Å². The molecule has 1 fully saturated rings. The van der Waals surface area contributed by atoms with E-state index in [-0.39, 0.29) is 17.2 Å². The molecule has 0 bridgehead atoms. The van der Waals surface area contributed by atoms with E-state index in [9.17, 15) is 9.59 Å². The van der Waals surface area contributed by atoms with E-state index < -0.39 is 0 Å². The molecule has 1 heterocycles. The van der Waals surface area contributed by atoms with Crippen molar-refractivity contribution < 1.29 is 9.59 Å². The molecule has 1 aliphatic rings. The third-order valence-electron chi connectivity index (χ3n) is 5.87. The van der Waals surface area contributed by atoms with Crippen molar-refractivity contribution in [1.29, 1.82) is 0 Å². The van der Waals surface area contributed by atoms with Crippen molar-refractivity contribution in [3.63, 3.8) is 0 Å². The first-order valence-corrected chi connectivity index (χ1v) is 10.9. The molecule has 1 rings (SSSR count). The van der Waals surface area contributed by atoms with Gasteiger partial charge in [0.05, 0.1) is 0 Å². The van der Waals surface area contributed by atoms with E-state index in [2.05, 4.69) is 38.7 Å². The zero-order chi connectivity index (χ0) is 21.2. The smallest absolute Gasteiger partial charge is 0.268 e. The highest BCUT2D eigenvalue weighted by Gasteiger charge is 2.34. The monoisotopic (exact) mass is 388 g/mol. The lowest BCUT2D eigenvalue weighted by atomic mass is 9.82. The third-order valence-corrected chi connectivity index (χ3v) is 5.87. The number of allylic oxidation sites excluding steroid dienone is 4. The van der Waals surface area contributed by atoms with Gasteiger partial charge in [0, 0.05) is 25.1 Å². The van der Waals surface area contributed by atoms with E-state index in [1.807, 2.05) is 20.8 Å². The molecule has 0 radical (unpaired) electrons. The lowest BCUT2D eigenvalue weighted by Crippen LogP contribution is -2.54. The average Bonchev–Trinajstić information content (AvgIpc) is 2.71. The fourth-order valence-electron chi connectivity index (χ4n) is 3.34. The molecule has 4 nitrogen and oxygen atoms in total. The summed E-state index contributed by atoms with van der Waals surface area (Å²) in [6.45, 7) is 15.5. The highest BCUT2D eigenvalue weighted by atomic mass is 16.2. The summed E-state index contributed by atoms with van der Waals surface area (Å²) in [6.07, 6.45) is 13.6. The van der Waals surface area contributed by atoms with Crippen molar-refractivity contribution >= 4 is 11.8 Å². The van der Waals surface area contributed by atoms with Crippen LogP contribution in [0.15, 0.2) is 36.0 Å². The van der Waals surface area contributed by atoms with Gasteiger partial charge in [0.2, 0.25) is 5.91 Å². The molecule has 4 heteroatoms. The van der Waals surface area contributed by atoms with Crippen LogP contribution in [0.25, 0.3) is 0 Å². The van der Waals surface area contributed by atoms with Crippen molar-refractivity contribution in [3.05, 3.63) is 36.0 Å². The van der Waals surface area contributed by atoms with Crippen molar-refractivity contribution in [2.24, 2.45) is 5.41 Å². The second-order valence-electron chi connectivity index (χ2n) is 8.29. The van der Waals surface area contributed by atoms with Crippen LogP contribution in [0.5, 0.6) is 0 Å². The molecule has 2 amide bonds. The molecule has 0 N–H and O–H groups in total. The molecular weight excluding hydrogens is 348 g/mol. The fourth-order valence-corrected chi connectivity index (χ4v) is 3.34. The molecule has 158 valence electrons. The van der Waals surface area contributed by atoms with Crippen molar-refractivity contribution in [1.82, 2.24) is 10.0 Å². The van der Waals surface area contributed by atoms with Gasteiger partial charge in [-0.15, -0.1) is 0 Å². The Morgan fingerprint density at radius 1 is 1.00 bits per heavy atom. The Labute approximate surface area is 172 Å². The maximum atomic E-state index is 13.0. The lowest BCUT2D eigenvalue weighted by Gasteiger charge is -2.40. The topological polar surface area (TPSA) is 40.6 Å². The predicted molar refractivity (Wildman–Crippen MR) is 118 cm³/mol. The van der Waals surface area contributed by atoms with Crippen LogP contribution in [0.3, 0.4) is 0 Å². The predicted octanol–water partition coefficient (Wildman–Crippen LogP) is 5.82. The average molecular weight is 389 g/mol. The molecule has 0 aliphatic carbocycles. The van der Waals surface area contributed by atoms with Gasteiger partial charge in [-0.25, -0.2) is 5.01 Å². The Hall–Kier alpha value is -1.84. The van der Waals surface area contributed by atoms with Crippen LogP contribution in [0, 0.1) is 5.41 Å². The van der Waals surface area contributed by atoms with Gasteiger partial charge in [-0.3, -0.25) is 14.6 Å². The standard InChI is InChI=1S/C24H40N2O2/c1-7-15-21(8-2)16-11-10-12-17-22(27)25-18-13-14-19-26(25)23(28)20(4)24(5,6)9-3/h7-8,15H,4,9-14,16-19H2,1-3,5-6H3/b15-7-,21-8+. The summed E-state index contributed by atoms with van der Waals surface area (Å²) < 4.78 is 0. The van der Waals surface area contributed by atoms with Gasteiger partial charge < -0.3 is 0 Å². The minimum absolute atomic E-state index is 0.0647. The highest BCUT2D eigenvalue weighted by Crippen LogP contribution is 2.31. The first-order valence-electron chi connectivity index (χ1n) is 10.9. The number of hydrogen-bond donors (Lipinski definition) is 0. The highest BCUT2D eigenvalue weighted by molar-refractivity contribution is 5.95. The van der Waals surface area contributed by atoms with Crippen molar-refractivity contribution in [2.75, 3.05) is 13.1 Å². The Balaban J connectivity index is 2.57. The summed E-state index contributed by atoms with van der Waals surface area (Å²) in [5, 5.41) is 3.33. The molecular formula is C24H40N2O2. The number of nitrogens with zero attached hydrogens (tertiary/aromatic N) is 2. The van der Waals surface area contributed by atoms with E-state index in [0.717, 1.165) is 44.9 Å². The second-order valence-corrected chi connectivity index (χ2v) is 8.29. The quantitative estimate of drug-likeness (QED) is 0.269. The summed E-state index contributed by atoms with van der Waals surface area (Å²) in [5.41, 5.74) is 1.69. The number of unbranched alkanes of at least 4 members (excludes halogenated alkanes) is 2. The van der Waals surface area contributed by atoms with Crippen molar-refractivity contribution in [3.8, 4) is 0 Å². The normalized spacial score (nSPS) is 16.0. The van der Waals surface area contributed by atoms with Gasteiger partial charge in [-0.1, -0.05) is 57.6 Å². The molecule has 0 atom stereocenters. The van der Waals surface area contributed by atoms with Gasteiger partial charge in [-0.2, -0.15) is 0 Å². The van der Waals surface area contributed by atoms with Gasteiger partial charge in [0.15, 0.2) is 0 Å². The summed E-state index contributed by atoms with van der Waals surface area (Å²) in [4.78, 5) is 25.8. The Morgan fingerprint density at radius 3 is 2.18 bits per heavy atom. The van der Waals surface area contributed by atoms with Crippen LogP contribution >= 0.6 is 0 Å². The Bertz CT molecular complexity index is 602. The first-order chi connectivity index (χ1) is 13.3. The van der Waals surface area contributed by atoms with Gasteiger partial charge in [-0.05, 0) is 57.8 Å². The summed E-state index contributed by atoms with van der Waals surface area (Å²) >= 11 is 0. The maximum absolute atomic E-state index is 13.0. The zero-order valence-corrected chi connectivity index (χ0v) is 18.7. The molecule has 1 aliphatic heterocycles. The number of amides is 2. The molecule has 0 unspecified atom stereocenters. The van der Waals surface area contributed by atoms with E-state index in [0.29, 0.717) is 25.1 Å². The van der Waals surface area contributed by atoms with Crippen molar-refractivity contribution in [2.45, 2.75) is 86.0 Å². The minimum Gasteiger partial charge on any atom is -0.273 e. The number of carbonyl (C=O) groups excluding carboxylic acids is 2. The summed E-state index contributed by atoms with van der Waals surface area (Å²) in [6, 6.07) is 0. The summed E-state index contributed by atoms with van der Waals surface area (Å²) in [5.74, 6) is -0.0288.